The number of hydrogen-bond acceptors (Lipinski definition) is 2. The van der Waals surface area contributed by atoms with Crippen LogP contribution in [0.4, 0.5) is 0 Å². The van der Waals surface area contributed by atoms with E-state index in [0.717, 1.165) is 35.3 Å². The standard InChI is InChI=1S/C17H20BrNO/c1-3-8-19-11-13(2)12-20-17-7-5-14-9-16(18)6-4-15(14)10-17/h4-7,9-10,19H,2-3,8,11-12H2,1H3. The number of ether oxygens (including phenoxy) is 1. The number of hydrogen-bond donors (Lipinski definition) is 1. The summed E-state index contributed by atoms with van der Waals surface area (Å²) in [5.41, 5.74) is 1.06. The molecule has 0 aliphatic heterocycles. The Labute approximate surface area is 129 Å². The second-order valence-electron chi connectivity index (χ2n) is 4.87. The maximum Gasteiger partial charge on any atom is 0.120 e. The third-order valence-corrected chi connectivity index (χ3v) is 3.51. The van der Waals surface area contributed by atoms with E-state index >= 15 is 0 Å². The second-order valence-corrected chi connectivity index (χ2v) is 5.78. The monoisotopic (exact) mass is 333 g/mol. The molecule has 2 nitrogen and oxygen atoms in total. The van der Waals surface area contributed by atoms with Gasteiger partial charge in [-0.05, 0) is 53.6 Å². The van der Waals surface area contributed by atoms with Crippen molar-refractivity contribution in [2.75, 3.05) is 19.7 Å². The van der Waals surface area contributed by atoms with E-state index in [0.29, 0.717) is 6.61 Å². The van der Waals surface area contributed by atoms with E-state index < -0.39 is 0 Å². The molecule has 0 amide bonds. The largest absolute Gasteiger partial charge is 0.489 e. The number of nitrogens with one attached hydrogen (secondary N) is 1. The van der Waals surface area contributed by atoms with Gasteiger partial charge in [-0.15, -0.1) is 0 Å². The van der Waals surface area contributed by atoms with E-state index in [4.69, 9.17) is 4.74 Å². The zero-order chi connectivity index (χ0) is 14.4. The molecule has 0 heterocycles. The number of rotatable bonds is 7. The second kappa shape index (κ2) is 7.46. The minimum atomic E-state index is 0.554. The molecule has 0 fully saturated rings. The van der Waals surface area contributed by atoms with Crippen LogP contribution in [0.15, 0.2) is 53.0 Å². The molecule has 0 atom stereocenters. The minimum absolute atomic E-state index is 0.554. The Kier molecular flexibility index (Phi) is 5.62. The molecular weight excluding hydrogens is 314 g/mol. The third kappa shape index (κ3) is 4.36. The van der Waals surface area contributed by atoms with Crippen LogP contribution in [0, 0.1) is 0 Å². The summed E-state index contributed by atoms with van der Waals surface area (Å²) in [6.07, 6.45) is 1.13. The van der Waals surface area contributed by atoms with E-state index in [9.17, 15) is 0 Å². The van der Waals surface area contributed by atoms with Crippen LogP contribution in [0.3, 0.4) is 0 Å². The van der Waals surface area contributed by atoms with Gasteiger partial charge in [-0.2, -0.15) is 0 Å². The van der Waals surface area contributed by atoms with Gasteiger partial charge in [-0.3, -0.25) is 0 Å². The van der Waals surface area contributed by atoms with Crippen LogP contribution in [0.5, 0.6) is 5.75 Å². The van der Waals surface area contributed by atoms with Crippen molar-refractivity contribution in [1.82, 2.24) is 5.32 Å². The fourth-order valence-electron chi connectivity index (χ4n) is 1.96. The van der Waals surface area contributed by atoms with Crippen LogP contribution < -0.4 is 10.1 Å². The van der Waals surface area contributed by atoms with Gasteiger partial charge in [0.15, 0.2) is 0 Å². The smallest absolute Gasteiger partial charge is 0.120 e. The van der Waals surface area contributed by atoms with Gasteiger partial charge in [0.25, 0.3) is 0 Å². The minimum Gasteiger partial charge on any atom is -0.489 e. The van der Waals surface area contributed by atoms with E-state index in [1.54, 1.807) is 0 Å². The van der Waals surface area contributed by atoms with Crippen LogP contribution in [0.1, 0.15) is 13.3 Å². The van der Waals surface area contributed by atoms with Gasteiger partial charge in [0.2, 0.25) is 0 Å². The molecule has 0 spiro atoms. The molecule has 0 aliphatic rings. The fourth-order valence-corrected chi connectivity index (χ4v) is 2.34. The Balaban J connectivity index is 1.93. The van der Waals surface area contributed by atoms with Crippen LogP contribution in [0.25, 0.3) is 10.8 Å². The van der Waals surface area contributed by atoms with Crippen molar-refractivity contribution in [3.63, 3.8) is 0 Å². The molecule has 2 aromatic carbocycles. The summed E-state index contributed by atoms with van der Waals surface area (Å²) in [7, 11) is 0. The van der Waals surface area contributed by atoms with Crippen LogP contribution in [-0.2, 0) is 0 Å². The Bertz CT molecular complexity index is 595. The molecule has 0 saturated carbocycles. The highest BCUT2D eigenvalue weighted by molar-refractivity contribution is 9.10. The average molecular weight is 334 g/mol. The van der Waals surface area contributed by atoms with E-state index in [1.165, 1.54) is 10.8 Å². The topological polar surface area (TPSA) is 21.3 Å². The zero-order valence-corrected chi connectivity index (χ0v) is 13.4. The highest BCUT2D eigenvalue weighted by Gasteiger charge is 2.00. The van der Waals surface area contributed by atoms with E-state index in [-0.39, 0.29) is 0 Å². The molecule has 2 aromatic rings. The average Bonchev–Trinajstić information content (AvgIpc) is 2.45. The maximum absolute atomic E-state index is 5.79. The molecule has 0 radical (unpaired) electrons. The first-order chi connectivity index (χ1) is 9.69. The molecule has 3 heteroatoms. The molecule has 0 aromatic heterocycles. The molecule has 1 N–H and O–H groups in total. The summed E-state index contributed by atoms with van der Waals surface area (Å²) in [4.78, 5) is 0. The predicted octanol–water partition coefficient (Wildman–Crippen LogP) is 4.54. The quantitative estimate of drug-likeness (QED) is 0.593. The third-order valence-electron chi connectivity index (χ3n) is 3.02. The summed E-state index contributed by atoms with van der Waals surface area (Å²) >= 11 is 3.48. The molecule has 0 aliphatic carbocycles. The van der Waals surface area contributed by atoms with Crippen molar-refractivity contribution in [1.29, 1.82) is 0 Å². The Morgan fingerprint density at radius 3 is 2.75 bits per heavy atom. The molecule has 2 rings (SSSR count). The highest BCUT2D eigenvalue weighted by atomic mass is 79.9. The lowest BCUT2D eigenvalue weighted by Gasteiger charge is -2.10. The first-order valence-corrected chi connectivity index (χ1v) is 7.68. The summed E-state index contributed by atoms with van der Waals surface area (Å²) in [5.74, 6) is 0.886. The SMILES string of the molecule is C=C(CNCCC)COc1ccc2cc(Br)ccc2c1. The lowest BCUT2D eigenvalue weighted by molar-refractivity contribution is 0.349. The van der Waals surface area contributed by atoms with Crippen molar-refractivity contribution in [2.45, 2.75) is 13.3 Å². The molecule has 0 saturated heterocycles. The zero-order valence-electron chi connectivity index (χ0n) is 11.8. The molecule has 0 unspecified atom stereocenters. The van der Waals surface area contributed by atoms with Crippen molar-refractivity contribution < 1.29 is 4.74 Å². The van der Waals surface area contributed by atoms with E-state index in [2.05, 4.69) is 59.0 Å². The van der Waals surface area contributed by atoms with Crippen molar-refractivity contribution in [2.24, 2.45) is 0 Å². The normalized spacial score (nSPS) is 10.7. The Hall–Kier alpha value is -1.32. The molecular formula is C17H20BrNO. The molecule has 106 valence electrons. The molecule has 20 heavy (non-hydrogen) atoms. The maximum atomic E-state index is 5.79. The summed E-state index contributed by atoms with van der Waals surface area (Å²) in [6, 6.07) is 12.4. The number of fused-ring (bicyclic) bond motifs is 1. The first kappa shape index (κ1) is 15.1. The van der Waals surface area contributed by atoms with Crippen LogP contribution >= 0.6 is 15.9 Å². The predicted molar refractivity (Wildman–Crippen MR) is 89.4 cm³/mol. The van der Waals surface area contributed by atoms with Crippen LogP contribution in [-0.4, -0.2) is 19.7 Å². The van der Waals surface area contributed by atoms with Crippen molar-refractivity contribution in [3.8, 4) is 5.75 Å². The van der Waals surface area contributed by atoms with Gasteiger partial charge in [0.05, 0.1) is 0 Å². The van der Waals surface area contributed by atoms with E-state index in [1.807, 2.05) is 12.1 Å². The van der Waals surface area contributed by atoms with Crippen molar-refractivity contribution >= 4 is 26.7 Å². The van der Waals surface area contributed by atoms with Gasteiger partial charge < -0.3 is 10.1 Å². The van der Waals surface area contributed by atoms with Crippen LogP contribution in [0.2, 0.25) is 0 Å². The summed E-state index contributed by atoms with van der Waals surface area (Å²) in [6.45, 7) is 8.56. The lowest BCUT2D eigenvalue weighted by Crippen LogP contribution is -2.20. The lowest BCUT2D eigenvalue weighted by atomic mass is 10.1. The van der Waals surface area contributed by atoms with Gasteiger partial charge in [-0.1, -0.05) is 41.6 Å². The Morgan fingerprint density at radius 2 is 1.95 bits per heavy atom. The highest BCUT2D eigenvalue weighted by Crippen LogP contribution is 2.24. The molecule has 0 bridgehead atoms. The van der Waals surface area contributed by atoms with Gasteiger partial charge >= 0.3 is 0 Å². The summed E-state index contributed by atoms with van der Waals surface area (Å²) < 4.78 is 6.88. The summed E-state index contributed by atoms with van der Waals surface area (Å²) in [5, 5.41) is 5.71. The van der Waals surface area contributed by atoms with Gasteiger partial charge in [0, 0.05) is 11.0 Å². The number of halogens is 1. The van der Waals surface area contributed by atoms with Gasteiger partial charge in [-0.25, -0.2) is 0 Å². The first-order valence-electron chi connectivity index (χ1n) is 6.88. The Morgan fingerprint density at radius 1 is 1.20 bits per heavy atom. The van der Waals surface area contributed by atoms with Crippen molar-refractivity contribution in [3.05, 3.63) is 53.0 Å². The number of benzene rings is 2. The fraction of sp³-hybridized carbons (Fsp3) is 0.294. The van der Waals surface area contributed by atoms with Gasteiger partial charge in [0.1, 0.15) is 12.4 Å².